The van der Waals surface area contributed by atoms with Crippen molar-refractivity contribution in [1.29, 1.82) is 0 Å². The molecule has 0 saturated carbocycles. The highest BCUT2D eigenvalue weighted by atomic mass is 16.3. The lowest BCUT2D eigenvalue weighted by Gasteiger charge is -2.10. The van der Waals surface area contributed by atoms with Crippen molar-refractivity contribution in [2.75, 3.05) is 5.32 Å². The van der Waals surface area contributed by atoms with Gasteiger partial charge in [0.15, 0.2) is 0 Å². The van der Waals surface area contributed by atoms with Crippen LogP contribution in [0, 0.1) is 0 Å². The predicted molar refractivity (Wildman–Crippen MR) is 85.9 cm³/mol. The van der Waals surface area contributed by atoms with Crippen LogP contribution >= 0.6 is 0 Å². The highest BCUT2D eigenvalue weighted by Gasteiger charge is 2.04. The number of pyridine rings is 1. The van der Waals surface area contributed by atoms with Crippen molar-refractivity contribution in [2.24, 2.45) is 0 Å². The zero-order chi connectivity index (χ0) is 15.5. The number of nitrogens with zero attached hydrogens (tertiary/aromatic N) is 2. The normalized spacial score (nSPS) is 12.3. The summed E-state index contributed by atoms with van der Waals surface area (Å²) in [6.07, 6.45) is 1.19. The molecule has 112 valence electrons. The van der Waals surface area contributed by atoms with E-state index >= 15 is 0 Å². The molecule has 0 radical (unpaired) electrons. The lowest BCUT2D eigenvalue weighted by molar-refractivity contribution is 0.199. The minimum Gasteiger partial charge on any atom is -0.389 e. The zero-order valence-corrected chi connectivity index (χ0v) is 12.2. The lowest BCUT2D eigenvalue weighted by atomic mass is 10.1. The fraction of sp³-hybridized carbons (Fsp3) is 0.176. The maximum absolute atomic E-state index is 12.0. The largest absolute Gasteiger partial charge is 0.389 e. The molecule has 0 unspecified atom stereocenters. The third-order valence-corrected chi connectivity index (χ3v) is 3.47. The average molecular weight is 295 g/mol. The second kappa shape index (κ2) is 5.99. The monoisotopic (exact) mass is 295 g/mol. The minimum atomic E-state index is -0.509. The number of fused-ring (bicyclic) bond motifs is 1. The van der Waals surface area contributed by atoms with Crippen LogP contribution in [-0.2, 0) is 6.54 Å². The van der Waals surface area contributed by atoms with Crippen molar-refractivity contribution < 1.29 is 5.11 Å². The first kappa shape index (κ1) is 14.3. The first-order valence-electron chi connectivity index (χ1n) is 7.13. The fourth-order valence-electron chi connectivity index (χ4n) is 2.29. The van der Waals surface area contributed by atoms with Gasteiger partial charge in [-0.2, -0.15) is 0 Å². The van der Waals surface area contributed by atoms with Crippen molar-refractivity contribution in [2.45, 2.75) is 19.6 Å². The van der Waals surface area contributed by atoms with Gasteiger partial charge in [-0.1, -0.05) is 18.2 Å². The molecule has 0 aliphatic rings. The van der Waals surface area contributed by atoms with Crippen molar-refractivity contribution in [3.05, 3.63) is 76.3 Å². The number of hydrogen-bond donors (Lipinski definition) is 2. The molecule has 0 bridgehead atoms. The molecule has 0 saturated heterocycles. The molecule has 2 heterocycles. The number of hydrogen-bond acceptors (Lipinski definition) is 4. The van der Waals surface area contributed by atoms with E-state index in [0.29, 0.717) is 17.9 Å². The third kappa shape index (κ3) is 2.99. The number of aliphatic hydroxyl groups excluding tert-OH is 1. The number of aromatic nitrogens is 2. The molecule has 22 heavy (non-hydrogen) atoms. The molecule has 0 aliphatic heterocycles. The molecular weight excluding hydrogens is 278 g/mol. The molecule has 0 aliphatic carbocycles. The molecule has 0 spiro atoms. The van der Waals surface area contributed by atoms with Crippen LogP contribution in [0.25, 0.3) is 5.65 Å². The van der Waals surface area contributed by atoms with E-state index < -0.39 is 6.10 Å². The van der Waals surface area contributed by atoms with E-state index in [4.69, 9.17) is 0 Å². The second-order valence-corrected chi connectivity index (χ2v) is 5.17. The number of nitrogens with one attached hydrogen (secondary N) is 1. The number of rotatable bonds is 4. The average Bonchev–Trinajstić information content (AvgIpc) is 2.53. The van der Waals surface area contributed by atoms with Gasteiger partial charge in [0, 0.05) is 18.0 Å². The van der Waals surface area contributed by atoms with Crippen molar-refractivity contribution in [1.82, 2.24) is 9.38 Å². The van der Waals surface area contributed by atoms with Crippen molar-refractivity contribution in [3.63, 3.8) is 0 Å². The van der Waals surface area contributed by atoms with Gasteiger partial charge in [0.25, 0.3) is 5.56 Å². The van der Waals surface area contributed by atoms with E-state index in [0.717, 1.165) is 11.3 Å². The van der Waals surface area contributed by atoms with Crippen LogP contribution in [0.2, 0.25) is 0 Å². The van der Waals surface area contributed by atoms with Gasteiger partial charge in [-0.3, -0.25) is 9.20 Å². The van der Waals surface area contributed by atoms with Gasteiger partial charge in [-0.15, -0.1) is 0 Å². The van der Waals surface area contributed by atoms with E-state index in [1.54, 1.807) is 25.3 Å². The SMILES string of the molecule is C[C@@H](O)c1cccc(NCc2cc(=O)n3ccccc3n2)c1. The highest BCUT2D eigenvalue weighted by Crippen LogP contribution is 2.17. The van der Waals surface area contributed by atoms with E-state index in [2.05, 4.69) is 10.3 Å². The van der Waals surface area contributed by atoms with Crippen molar-refractivity contribution >= 4 is 11.3 Å². The maximum Gasteiger partial charge on any atom is 0.258 e. The first-order valence-corrected chi connectivity index (χ1v) is 7.13. The molecule has 0 fully saturated rings. The Kier molecular flexibility index (Phi) is 3.89. The van der Waals surface area contributed by atoms with Crippen LogP contribution in [0.3, 0.4) is 0 Å². The summed E-state index contributed by atoms with van der Waals surface area (Å²) >= 11 is 0. The van der Waals surface area contributed by atoms with Gasteiger partial charge < -0.3 is 10.4 Å². The lowest BCUT2D eigenvalue weighted by Crippen LogP contribution is -2.16. The standard InChI is InChI=1S/C17H17N3O2/c1-12(21)13-5-4-6-14(9-13)18-11-15-10-17(22)20-8-3-2-7-16(20)19-15/h2-10,12,18,21H,11H2,1H3/t12-/m1/s1. The molecule has 1 aromatic carbocycles. The van der Waals surface area contributed by atoms with Gasteiger partial charge in [0.05, 0.1) is 18.3 Å². The molecule has 5 heteroatoms. The zero-order valence-electron chi connectivity index (χ0n) is 12.2. The Labute approximate surface area is 127 Å². The number of benzene rings is 1. The van der Waals surface area contributed by atoms with Crippen LogP contribution in [0.5, 0.6) is 0 Å². The quantitative estimate of drug-likeness (QED) is 0.775. The predicted octanol–water partition coefficient (Wildman–Crippen LogP) is 2.36. The first-order chi connectivity index (χ1) is 10.6. The fourth-order valence-corrected chi connectivity index (χ4v) is 2.29. The summed E-state index contributed by atoms with van der Waals surface area (Å²) in [6, 6.07) is 14.5. The maximum atomic E-state index is 12.0. The minimum absolute atomic E-state index is 0.0971. The van der Waals surface area contributed by atoms with Gasteiger partial charge in [-0.05, 0) is 36.8 Å². The Morgan fingerprint density at radius 1 is 1.23 bits per heavy atom. The summed E-state index contributed by atoms with van der Waals surface area (Å²) < 4.78 is 1.51. The highest BCUT2D eigenvalue weighted by molar-refractivity contribution is 5.47. The second-order valence-electron chi connectivity index (χ2n) is 5.17. The Hall–Kier alpha value is -2.66. The Balaban J connectivity index is 1.82. The van der Waals surface area contributed by atoms with Crippen molar-refractivity contribution in [3.8, 4) is 0 Å². The Morgan fingerprint density at radius 3 is 2.91 bits per heavy atom. The Bertz CT molecular complexity index is 856. The molecule has 3 aromatic rings. The van der Waals surface area contributed by atoms with E-state index in [1.807, 2.05) is 30.3 Å². The molecule has 0 amide bonds. The van der Waals surface area contributed by atoms with Gasteiger partial charge in [0.2, 0.25) is 0 Å². The van der Waals surface area contributed by atoms with Gasteiger partial charge in [0.1, 0.15) is 5.65 Å². The molecule has 1 atom stereocenters. The van der Waals surface area contributed by atoms with Crippen LogP contribution in [-0.4, -0.2) is 14.5 Å². The summed E-state index contributed by atoms with van der Waals surface area (Å²) in [5.41, 5.74) is 2.94. The third-order valence-electron chi connectivity index (χ3n) is 3.47. The smallest absolute Gasteiger partial charge is 0.258 e. The molecule has 2 N–H and O–H groups in total. The summed E-state index contributed by atoms with van der Waals surface area (Å²) in [6.45, 7) is 2.18. The van der Waals surface area contributed by atoms with Crippen LogP contribution in [0.15, 0.2) is 59.5 Å². The van der Waals surface area contributed by atoms with E-state index in [-0.39, 0.29) is 5.56 Å². The Morgan fingerprint density at radius 2 is 2.09 bits per heavy atom. The molecule has 5 nitrogen and oxygen atoms in total. The summed E-state index contributed by atoms with van der Waals surface area (Å²) in [5, 5.41) is 12.8. The van der Waals surface area contributed by atoms with Gasteiger partial charge in [-0.25, -0.2) is 4.98 Å². The van der Waals surface area contributed by atoms with Crippen LogP contribution < -0.4 is 10.9 Å². The van der Waals surface area contributed by atoms with Crippen LogP contribution in [0.4, 0.5) is 5.69 Å². The van der Waals surface area contributed by atoms with E-state index in [1.165, 1.54) is 10.5 Å². The number of anilines is 1. The topological polar surface area (TPSA) is 66.6 Å². The summed E-state index contributed by atoms with van der Waals surface area (Å²) in [5.74, 6) is 0. The summed E-state index contributed by atoms with van der Waals surface area (Å²) in [7, 11) is 0. The molecule has 3 rings (SSSR count). The molecule has 2 aromatic heterocycles. The summed E-state index contributed by atoms with van der Waals surface area (Å²) in [4.78, 5) is 16.5. The van der Waals surface area contributed by atoms with E-state index in [9.17, 15) is 9.90 Å². The van der Waals surface area contributed by atoms with Crippen LogP contribution in [0.1, 0.15) is 24.3 Å². The number of aliphatic hydroxyl groups is 1. The molecular formula is C17H17N3O2. The van der Waals surface area contributed by atoms with Gasteiger partial charge >= 0.3 is 0 Å².